The molecular weight excluding hydrogens is 464 g/mol. The van der Waals surface area contributed by atoms with Crippen LogP contribution in [0.15, 0.2) is 52.5 Å². The lowest BCUT2D eigenvalue weighted by atomic mass is 10.1. The predicted octanol–water partition coefficient (Wildman–Crippen LogP) is 3.57. The average Bonchev–Trinajstić information content (AvgIpc) is 3.17. The number of amides is 1. The van der Waals surface area contributed by atoms with Crippen molar-refractivity contribution in [3.63, 3.8) is 0 Å². The second-order valence-electron chi connectivity index (χ2n) is 7.21. The van der Waals surface area contributed by atoms with E-state index in [1.165, 1.54) is 0 Å². The predicted molar refractivity (Wildman–Crippen MR) is 124 cm³/mol. The maximum atomic E-state index is 12.6. The molecule has 1 saturated heterocycles. The Labute approximate surface area is 187 Å². The van der Waals surface area contributed by atoms with Crippen LogP contribution in [0.1, 0.15) is 10.4 Å². The molecule has 3 aromatic rings. The van der Waals surface area contributed by atoms with Gasteiger partial charge in [-0.1, -0.05) is 12.1 Å². The molecule has 2 aromatic heterocycles. The van der Waals surface area contributed by atoms with Gasteiger partial charge in [0.25, 0.3) is 0 Å². The summed E-state index contributed by atoms with van der Waals surface area (Å²) < 4.78 is 1.00. The largest absolute Gasteiger partial charge is 0.398 e. The van der Waals surface area contributed by atoms with Gasteiger partial charge in [0.1, 0.15) is 6.29 Å². The van der Waals surface area contributed by atoms with Gasteiger partial charge in [0.2, 0.25) is 5.91 Å². The van der Waals surface area contributed by atoms with E-state index in [1.807, 2.05) is 35.7 Å². The van der Waals surface area contributed by atoms with Crippen molar-refractivity contribution in [2.24, 2.45) is 0 Å². The van der Waals surface area contributed by atoms with E-state index in [0.29, 0.717) is 31.9 Å². The number of piperazine rings is 1. The molecule has 30 heavy (non-hydrogen) atoms. The van der Waals surface area contributed by atoms with E-state index in [9.17, 15) is 9.59 Å². The number of rotatable bonds is 5. The number of pyridine rings is 1. The smallest absolute Gasteiger partial charge is 0.246 e. The molecule has 6 nitrogen and oxygen atoms in total. The quantitative estimate of drug-likeness (QED) is 0.442. The fraction of sp³-hybridized carbons (Fsp3) is 0.227. The molecule has 1 fully saturated rings. The zero-order valence-electron chi connectivity index (χ0n) is 16.2. The minimum Gasteiger partial charge on any atom is -0.398 e. The molecule has 1 aliphatic heterocycles. The zero-order valence-corrected chi connectivity index (χ0v) is 18.6. The number of anilines is 1. The molecule has 0 saturated carbocycles. The van der Waals surface area contributed by atoms with E-state index in [4.69, 9.17) is 5.73 Å². The number of nitrogens with two attached hydrogens (primary N) is 1. The van der Waals surface area contributed by atoms with Crippen molar-refractivity contribution in [3.8, 4) is 0 Å². The van der Waals surface area contributed by atoms with Crippen molar-refractivity contribution < 1.29 is 9.59 Å². The number of nitrogens with zero attached hydrogens (tertiary/aromatic N) is 3. The van der Waals surface area contributed by atoms with Crippen LogP contribution in [-0.4, -0.2) is 52.7 Å². The van der Waals surface area contributed by atoms with Gasteiger partial charge in [0.15, 0.2) is 0 Å². The van der Waals surface area contributed by atoms with Crippen LogP contribution in [-0.2, 0) is 16.1 Å². The third kappa shape index (κ3) is 4.61. The summed E-state index contributed by atoms with van der Waals surface area (Å²) in [6, 6.07) is 9.40. The van der Waals surface area contributed by atoms with Crippen molar-refractivity contribution >= 4 is 62.1 Å². The van der Waals surface area contributed by atoms with Gasteiger partial charge in [-0.25, -0.2) is 0 Å². The van der Waals surface area contributed by atoms with Crippen LogP contribution in [0.4, 0.5) is 5.69 Å². The number of carbonyl (C=O) groups is 2. The second-order valence-corrected chi connectivity index (χ2v) is 9.07. The van der Waals surface area contributed by atoms with Crippen LogP contribution < -0.4 is 5.73 Å². The first-order valence-corrected chi connectivity index (χ1v) is 11.2. The molecule has 4 rings (SSSR count). The summed E-state index contributed by atoms with van der Waals surface area (Å²) in [6.07, 6.45) is 6.02. The maximum Gasteiger partial charge on any atom is 0.246 e. The van der Waals surface area contributed by atoms with Gasteiger partial charge in [-0.15, -0.1) is 11.3 Å². The third-order valence-corrected chi connectivity index (χ3v) is 6.87. The Kier molecular flexibility index (Phi) is 6.26. The maximum absolute atomic E-state index is 12.6. The zero-order chi connectivity index (χ0) is 21.1. The molecule has 1 aromatic carbocycles. The number of aromatic nitrogens is 1. The van der Waals surface area contributed by atoms with Crippen LogP contribution in [0.3, 0.4) is 0 Å². The lowest BCUT2D eigenvalue weighted by Gasteiger charge is -2.38. The van der Waals surface area contributed by atoms with Gasteiger partial charge in [-0.2, -0.15) is 0 Å². The van der Waals surface area contributed by atoms with Gasteiger partial charge < -0.3 is 15.4 Å². The van der Waals surface area contributed by atoms with E-state index in [-0.39, 0.29) is 11.9 Å². The molecule has 0 radical (unpaired) electrons. The number of hydrogen-bond donors (Lipinski definition) is 1. The minimum atomic E-state index is -0.337. The van der Waals surface area contributed by atoms with E-state index < -0.39 is 0 Å². The first-order valence-electron chi connectivity index (χ1n) is 9.57. The molecular formula is C22H21BrN4O2S. The van der Waals surface area contributed by atoms with E-state index in [0.717, 1.165) is 32.1 Å². The summed E-state index contributed by atoms with van der Waals surface area (Å²) in [5.41, 5.74) is 8.61. The standard InChI is InChI=1S/C22H21BrN4O2S/c23-16-10-18(30-14-16)2-4-22(29)27-8-7-26(17(12-27)13-28)11-15-1-3-19-20(24)5-6-25-21(19)9-15/h1-6,9-10,13-14,17H,7-8,11-12H2,(H2,24,25). The Balaban J connectivity index is 1.41. The first kappa shape index (κ1) is 20.7. The summed E-state index contributed by atoms with van der Waals surface area (Å²) >= 11 is 4.97. The monoisotopic (exact) mass is 484 g/mol. The molecule has 1 unspecified atom stereocenters. The average molecular weight is 485 g/mol. The lowest BCUT2D eigenvalue weighted by molar-refractivity contribution is -0.130. The van der Waals surface area contributed by atoms with Gasteiger partial charge in [0.05, 0.1) is 11.6 Å². The van der Waals surface area contributed by atoms with Crippen LogP contribution >= 0.6 is 27.3 Å². The number of aldehydes is 1. The van der Waals surface area contributed by atoms with Crippen molar-refractivity contribution in [1.82, 2.24) is 14.8 Å². The number of nitrogen functional groups attached to an aromatic ring is 1. The Hall–Kier alpha value is -2.55. The van der Waals surface area contributed by atoms with Gasteiger partial charge in [-0.05, 0) is 45.8 Å². The summed E-state index contributed by atoms with van der Waals surface area (Å²) in [7, 11) is 0. The fourth-order valence-electron chi connectivity index (χ4n) is 3.60. The van der Waals surface area contributed by atoms with Crippen molar-refractivity contribution in [2.75, 3.05) is 25.4 Å². The van der Waals surface area contributed by atoms with Crippen LogP contribution in [0, 0.1) is 0 Å². The first-order chi connectivity index (χ1) is 14.5. The second kappa shape index (κ2) is 9.07. The highest BCUT2D eigenvalue weighted by Crippen LogP contribution is 2.23. The number of halogens is 1. The number of thiophene rings is 1. The summed E-state index contributed by atoms with van der Waals surface area (Å²) in [5.74, 6) is -0.0728. The van der Waals surface area contributed by atoms with Crippen molar-refractivity contribution in [2.45, 2.75) is 12.6 Å². The van der Waals surface area contributed by atoms with E-state index in [1.54, 1.807) is 34.6 Å². The molecule has 1 atom stereocenters. The Bertz CT molecular complexity index is 1110. The Morgan fingerprint density at radius 2 is 2.17 bits per heavy atom. The molecule has 1 amide bonds. The van der Waals surface area contributed by atoms with Crippen LogP contribution in [0.2, 0.25) is 0 Å². The Morgan fingerprint density at radius 1 is 1.30 bits per heavy atom. The highest BCUT2D eigenvalue weighted by Gasteiger charge is 2.28. The molecule has 3 heterocycles. The van der Waals surface area contributed by atoms with Crippen molar-refractivity contribution in [3.05, 3.63) is 62.9 Å². The summed E-state index contributed by atoms with van der Waals surface area (Å²) in [6.45, 7) is 2.23. The molecule has 154 valence electrons. The highest BCUT2D eigenvalue weighted by molar-refractivity contribution is 9.10. The van der Waals surface area contributed by atoms with Crippen LogP contribution in [0.25, 0.3) is 17.0 Å². The molecule has 0 spiro atoms. The number of hydrogen-bond acceptors (Lipinski definition) is 6. The number of carbonyl (C=O) groups excluding carboxylic acids is 2. The van der Waals surface area contributed by atoms with Gasteiger partial charge in [0, 0.05) is 64.3 Å². The van der Waals surface area contributed by atoms with Crippen molar-refractivity contribution in [1.29, 1.82) is 0 Å². The normalized spacial score (nSPS) is 17.6. The van der Waals surface area contributed by atoms with Gasteiger partial charge in [-0.3, -0.25) is 14.7 Å². The molecule has 2 N–H and O–H groups in total. The highest BCUT2D eigenvalue weighted by atomic mass is 79.9. The summed E-state index contributed by atoms with van der Waals surface area (Å²) in [5, 5.41) is 2.90. The van der Waals surface area contributed by atoms with E-state index in [2.05, 4.69) is 25.8 Å². The van der Waals surface area contributed by atoms with Crippen LogP contribution in [0.5, 0.6) is 0 Å². The lowest BCUT2D eigenvalue weighted by Crippen LogP contribution is -2.54. The third-order valence-electron chi connectivity index (χ3n) is 5.21. The topological polar surface area (TPSA) is 79.5 Å². The SMILES string of the molecule is Nc1ccnc2cc(CN3CCN(C(=O)C=Cc4cc(Br)cs4)CC3C=O)ccc12. The molecule has 0 aliphatic carbocycles. The number of benzene rings is 1. The fourth-order valence-corrected chi connectivity index (χ4v) is 4.93. The van der Waals surface area contributed by atoms with Gasteiger partial charge >= 0.3 is 0 Å². The number of fused-ring (bicyclic) bond motifs is 1. The summed E-state index contributed by atoms with van der Waals surface area (Å²) in [4.78, 5) is 33.5. The molecule has 0 bridgehead atoms. The Morgan fingerprint density at radius 3 is 2.93 bits per heavy atom. The molecule has 1 aliphatic rings. The van der Waals surface area contributed by atoms with E-state index >= 15 is 0 Å². The minimum absolute atomic E-state index is 0.0728. The molecule has 8 heteroatoms.